The van der Waals surface area contributed by atoms with Gasteiger partial charge in [-0.3, -0.25) is 0 Å². The van der Waals surface area contributed by atoms with Crippen LogP contribution in [0.2, 0.25) is 0 Å². The Hall–Kier alpha value is -1.14. The molecule has 1 aromatic rings. The van der Waals surface area contributed by atoms with Gasteiger partial charge in [0, 0.05) is 12.6 Å². The Balaban J connectivity index is 2.45. The van der Waals surface area contributed by atoms with Crippen molar-refractivity contribution in [2.75, 3.05) is 20.3 Å². The van der Waals surface area contributed by atoms with E-state index in [0.29, 0.717) is 6.42 Å². The molecule has 0 aliphatic carbocycles. The van der Waals surface area contributed by atoms with Crippen LogP contribution in [0.15, 0.2) is 18.2 Å². The molecule has 0 aromatic heterocycles. The lowest BCUT2D eigenvalue weighted by Gasteiger charge is -2.16. The molecule has 1 rings (SSSR count). The van der Waals surface area contributed by atoms with Crippen molar-refractivity contribution in [1.82, 2.24) is 5.32 Å². The predicted molar refractivity (Wildman–Crippen MR) is 64.3 cm³/mol. The molecular formula is C13H17F4NO. The van der Waals surface area contributed by atoms with Gasteiger partial charge in [0.25, 0.3) is 6.43 Å². The lowest BCUT2D eigenvalue weighted by molar-refractivity contribution is 0.0146. The van der Waals surface area contributed by atoms with Crippen molar-refractivity contribution in [1.29, 1.82) is 0 Å². The number of likely N-dealkylation sites (N-methyl/N-ethyl adjacent to an activating group) is 1. The van der Waals surface area contributed by atoms with Crippen molar-refractivity contribution in [2.24, 2.45) is 0 Å². The number of halogens is 4. The third kappa shape index (κ3) is 5.57. The molecule has 0 bridgehead atoms. The van der Waals surface area contributed by atoms with Crippen LogP contribution >= 0.6 is 0 Å². The maximum absolute atomic E-state index is 13.5. The van der Waals surface area contributed by atoms with Gasteiger partial charge in [0.1, 0.15) is 6.61 Å². The average molecular weight is 279 g/mol. The van der Waals surface area contributed by atoms with Gasteiger partial charge in [-0.25, -0.2) is 17.6 Å². The van der Waals surface area contributed by atoms with Gasteiger partial charge in [0.05, 0.1) is 0 Å². The van der Waals surface area contributed by atoms with Gasteiger partial charge in [-0.2, -0.15) is 0 Å². The summed E-state index contributed by atoms with van der Waals surface area (Å²) in [5.74, 6) is -1.75. The summed E-state index contributed by atoms with van der Waals surface area (Å²) in [6, 6.07) is 3.84. The number of ether oxygens (including phenoxy) is 1. The second kappa shape index (κ2) is 8.12. The molecule has 6 heteroatoms. The second-order valence-electron chi connectivity index (χ2n) is 4.16. The third-order valence-corrected chi connectivity index (χ3v) is 2.76. The highest BCUT2D eigenvalue weighted by Gasteiger charge is 2.13. The number of rotatable bonds is 8. The van der Waals surface area contributed by atoms with Gasteiger partial charge >= 0.3 is 0 Å². The summed E-state index contributed by atoms with van der Waals surface area (Å²) in [5.41, 5.74) is 0.258. The highest BCUT2D eigenvalue weighted by atomic mass is 19.3. The summed E-state index contributed by atoms with van der Waals surface area (Å²) in [7, 11) is 1.68. The summed E-state index contributed by atoms with van der Waals surface area (Å²) in [4.78, 5) is 0. The molecule has 1 N–H and O–H groups in total. The monoisotopic (exact) mass is 279 g/mol. The topological polar surface area (TPSA) is 21.3 Å². The lowest BCUT2D eigenvalue weighted by Crippen LogP contribution is -2.29. The van der Waals surface area contributed by atoms with Crippen LogP contribution in [0.25, 0.3) is 0 Å². The first-order valence-electron chi connectivity index (χ1n) is 6.00. The predicted octanol–water partition coefficient (Wildman–Crippen LogP) is 2.77. The summed E-state index contributed by atoms with van der Waals surface area (Å²) in [6.07, 6.45) is -1.77. The molecule has 108 valence electrons. The van der Waals surface area contributed by atoms with Crippen LogP contribution in [-0.2, 0) is 11.2 Å². The molecule has 0 spiro atoms. The number of alkyl halides is 2. The van der Waals surface area contributed by atoms with E-state index in [1.807, 2.05) is 0 Å². The maximum Gasteiger partial charge on any atom is 0.261 e. The highest BCUT2D eigenvalue weighted by molar-refractivity contribution is 5.20. The van der Waals surface area contributed by atoms with Gasteiger partial charge in [-0.15, -0.1) is 0 Å². The number of nitrogens with one attached hydrogen (secondary N) is 1. The summed E-state index contributed by atoms with van der Waals surface area (Å²) < 4.78 is 55.0. The van der Waals surface area contributed by atoms with Crippen LogP contribution in [0.3, 0.4) is 0 Å². The van der Waals surface area contributed by atoms with E-state index in [9.17, 15) is 17.6 Å². The van der Waals surface area contributed by atoms with Gasteiger partial charge in [0.2, 0.25) is 0 Å². The van der Waals surface area contributed by atoms with Crippen molar-refractivity contribution in [2.45, 2.75) is 25.3 Å². The van der Waals surface area contributed by atoms with Crippen molar-refractivity contribution in [3.63, 3.8) is 0 Å². The number of hydrogen-bond donors (Lipinski definition) is 1. The summed E-state index contributed by atoms with van der Waals surface area (Å²) >= 11 is 0. The smallest absolute Gasteiger partial charge is 0.261 e. The first-order valence-corrected chi connectivity index (χ1v) is 6.00. The minimum atomic E-state index is -2.49. The van der Waals surface area contributed by atoms with E-state index in [-0.39, 0.29) is 24.6 Å². The standard InChI is InChI=1S/C13H17F4NO/c1-18-10(5-6-19-8-12(15)16)7-9-3-2-4-11(14)13(9)17/h2-4,10,12,18H,5-8H2,1H3. The zero-order valence-electron chi connectivity index (χ0n) is 10.6. The Morgan fingerprint density at radius 1 is 1.26 bits per heavy atom. The van der Waals surface area contributed by atoms with Crippen molar-refractivity contribution >= 4 is 0 Å². The molecule has 2 nitrogen and oxygen atoms in total. The zero-order chi connectivity index (χ0) is 14.3. The van der Waals surface area contributed by atoms with Crippen LogP contribution in [0, 0.1) is 11.6 Å². The quantitative estimate of drug-likeness (QED) is 0.583. The first-order chi connectivity index (χ1) is 9.04. The van der Waals surface area contributed by atoms with Gasteiger partial charge in [-0.1, -0.05) is 12.1 Å². The normalized spacial score (nSPS) is 12.9. The van der Waals surface area contributed by atoms with Gasteiger partial charge < -0.3 is 10.1 Å². The van der Waals surface area contributed by atoms with Gasteiger partial charge in [-0.05, 0) is 31.5 Å². The molecule has 0 fully saturated rings. The molecule has 19 heavy (non-hydrogen) atoms. The van der Waals surface area contributed by atoms with Crippen LogP contribution in [0.1, 0.15) is 12.0 Å². The fourth-order valence-electron chi connectivity index (χ4n) is 1.72. The molecule has 0 amide bonds. The summed E-state index contributed by atoms with van der Waals surface area (Å²) in [5, 5.41) is 2.93. The Morgan fingerprint density at radius 2 is 2.00 bits per heavy atom. The molecule has 0 heterocycles. The van der Waals surface area contributed by atoms with E-state index >= 15 is 0 Å². The van der Waals surface area contributed by atoms with Gasteiger partial charge in [0.15, 0.2) is 11.6 Å². The Kier molecular flexibility index (Phi) is 6.80. The molecule has 0 aliphatic heterocycles. The molecule has 0 aliphatic rings. The Bertz CT molecular complexity index is 387. The van der Waals surface area contributed by atoms with Crippen molar-refractivity contribution in [3.05, 3.63) is 35.4 Å². The number of hydrogen-bond acceptors (Lipinski definition) is 2. The van der Waals surface area contributed by atoms with Crippen molar-refractivity contribution < 1.29 is 22.3 Å². The van der Waals surface area contributed by atoms with Crippen molar-refractivity contribution in [3.8, 4) is 0 Å². The van der Waals surface area contributed by atoms with E-state index in [4.69, 9.17) is 4.74 Å². The molecule has 0 saturated heterocycles. The molecule has 1 atom stereocenters. The zero-order valence-corrected chi connectivity index (χ0v) is 10.6. The fourth-order valence-corrected chi connectivity index (χ4v) is 1.72. The van der Waals surface area contributed by atoms with Crippen LogP contribution in [0.4, 0.5) is 17.6 Å². The minimum absolute atomic E-state index is 0.146. The Morgan fingerprint density at radius 3 is 2.63 bits per heavy atom. The lowest BCUT2D eigenvalue weighted by atomic mass is 10.0. The third-order valence-electron chi connectivity index (χ3n) is 2.76. The summed E-state index contributed by atoms with van der Waals surface area (Å²) in [6.45, 7) is -0.461. The largest absolute Gasteiger partial charge is 0.375 e. The van der Waals surface area contributed by atoms with Crippen LogP contribution < -0.4 is 5.32 Å². The van der Waals surface area contributed by atoms with E-state index in [1.54, 1.807) is 7.05 Å². The maximum atomic E-state index is 13.5. The second-order valence-corrected chi connectivity index (χ2v) is 4.16. The highest BCUT2D eigenvalue weighted by Crippen LogP contribution is 2.14. The SMILES string of the molecule is CNC(CCOCC(F)F)Cc1cccc(F)c1F. The van der Waals surface area contributed by atoms with E-state index in [0.717, 1.165) is 6.07 Å². The number of benzene rings is 1. The Labute approximate surface area is 109 Å². The molecule has 1 aromatic carbocycles. The fraction of sp³-hybridized carbons (Fsp3) is 0.538. The van der Waals surface area contributed by atoms with E-state index in [2.05, 4.69) is 5.32 Å². The minimum Gasteiger partial charge on any atom is -0.375 e. The molecule has 0 radical (unpaired) electrons. The van der Waals surface area contributed by atoms with Crippen LogP contribution in [0.5, 0.6) is 0 Å². The first kappa shape index (κ1) is 15.9. The molecule has 0 saturated carbocycles. The van der Waals surface area contributed by atoms with Crippen LogP contribution in [-0.4, -0.2) is 32.7 Å². The molecule has 1 unspecified atom stereocenters. The van der Waals surface area contributed by atoms with E-state index in [1.165, 1.54) is 12.1 Å². The van der Waals surface area contributed by atoms with E-state index < -0.39 is 24.7 Å². The average Bonchev–Trinajstić information content (AvgIpc) is 2.37. The molecular weight excluding hydrogens is 262 g/mol.